The average Bonchev–Trinajstić information content (AvgIpc) is 3.26. The Morgan fingerprint density at radius 3 is 2.92 bits per heavy atom. The lowest BCUT2D eigenvalue weighted by molar-refractivity contribution is 0.0936. The van der Waals surface area contributed by atoms with E-state index in [2.05, 4.69) is 22.5 Å². The zero-order chi connectivity index (χ0) is 18.1. The Morgan fingerprint density at radius 1 is 1.27 bits per heavy atom. The molecule has 3 aromatic rings. The van der Waals surface area contributed by atoms with Crippen LogP contribution in [0, 0.1) is 0 Å². The Morgan fingerprint density at radius 2 is 2.12 bits per heavy atom. The van der Waals surface area contributed by atoms with Crippen LogP contribution in [0.1, 0.15) is 46.6 Å². The number of rotatable bonds is 4. The minimum atomic E-state index is -0.0724. The monoisotopic (exact) mass is 365 g/mol. The van der Waals surface area contributed by atoms with Gasteiger partial charge in [-0.15, -0.1) is 0 Å². The molecule has 0 saturated heterocycles. The minimum absolute atomic E-state index is 0.0675. The van der Waals surface area contributed by atoms with Gasteiger partial charge in [0.2, 0.25) is 0 Å². The molecule has 4 rings (SSSR count). The molecule has 1 atom stereocenters. The number of amides is 1. The highest BCUT2D eigenvalue weighted by Crippen LogP contribution is 2.31. The van der Waals surface area contributed by atoms with E-state index in [0.29, 0.717) is 17.0 Å². The molecule has 0 radical (unpaired) electrons. The molecule has 1 aliphatic carbocycles. The molecule has 0 saturated carbocycles. The van der Waals surface area contributed by atoms with Gasteiger partial charge in [-0.2, -0.15) is 5.10 Å². The van der Waals surface area contributed by atoms with E-state index in [0.717, 1.165) is 24.2 Å². The number of carbonyl (C=O) groups is 1. The van der Waals surface area contributed by atoms with Gasteiger partial charge in [-0.3, -0.25) is 4.79 Å². The average molecular weight is 366 g/mol. The molecule has 2 aromatic carbocycles. The van der Waals surface area contributed by atoms with Gasteiger partial charge in [-0.25, -0.2) is 4.68 Å². The summed E-state index contributed by atoms with van der Waals surface area (Å²) in [6, 6.07) is 15.9. The zero-order valence-corrected chi connectivity index (χ0v) is 15.3. The molecule has 1 aliphatic rings. The molecule has 1 amide bonds. The Bertz CT molecular complexity index is 963. The molecule has 0 bridgehead atoms. The van der Waals surface area contributed by atoms with Crippen molar-refractivity contribution in [3.05, 3.63) is 82.1 Å². The maximum atomic E-state index is 12.9. The van der Waals surface area contributed by atoms with Crippen molar-refractivity contribution in [1.82, 2.24) is 15.1 Å². The minimum Gasteiger partial charge on any atom is -0.345 e. The summed E-state index contributed by atoms with van der Waals surface area (Å²) >= 11 is 6.10. The fourth-order valence-corrected chi connectivity index (χ4v) is 3.86. The van der Waals surface area contributed by atoms with Crippen LogP contribution in [0.4, 0.5) is 0 Å². The lowest BCUT2D eigenvalue weighted by Crippen LogP contribution is -2.27. The Hall–Kier alpha value is -2.59. The van der Waals surface area contributed by atoms with Gasteiger partial charge in [0.1, 0.15) is 0 Å². The van der Waals surface area contributed by atoms with Gasteiger partial charge in [0.25, 0.3) is 5.91 Å². The zero-order valence-electron chi connectivity index (χ0n) is 14.6. The largest absolute Gasteiger partial charge is 0.345 e. The molecule has 0 fully saturated rings. The van der Waals surface area contributed by atoms with Crippen molar-refractivity contribution < 1.29 is 4.79 Å². The first-order valence-electron chi connectivity index (χ1n) is 8.89. The predicted molar refractivity (Wildman–Crippen MR) is 103 cm³/mol. The molecule has 5 heteroatoms. The van der Waals surface area contributed by atoms with Gasteiger partial charge in [-0.1, -0.05) is 48.9 Å². The SMILES string of the molecule is CCc1c(C(=O)NC2CCc3ccccc32)cnn1-c1cccc(Cl)c1. The molecule has 1 unspecified atom stereocenters. The number of nitrogens with zero attached hydrogens (tertiary/aromatic N) is 2. The van der Waals surface area contributed by atoms with Gasteiger partial charge < -0.3 is 5.32 Å². The molecule has 1 aromatic heterocycles. The number of carbonyl (C=O) groups excluding carboxylic acids is 1. The lowest BCUT2D eigenvalue weighted by Gasteiger charge is -2.14. The van der Waals surface area contributed by atoms with E-state index in [9.17, 15) is 4.79 Å². The molecule has 1 N–H and O–H groups in total. The number of aromatic nitrogens is 2. The van der Waals surface area contributed by atoms with Crippen molar-refractivity contribution in [2.45, 2.75) is 32.2 Å². The van der Waals surface area contributed by atoms with Crippen LogP contribution in [0.5, 0.6) is 0 Å². The second-order valence-corrected chi connectivity index (χ2v) is 6.95. The van der Waals surface area contributed by atoms with Gasteiger partial charge >= 0.3 is 0 Å². The summed E-state index contributed by atoms with van der Waals surface area (Å²) in [5.74, 6) is -0.0724. The third kappa shape index (κ3) is 3.01. The summed E-state index contributed by atoms with van der Waals surface area (Å²) in [4.78, 5) is 12.9. The second kappa shape index (κ2) is 6.96. The smallest absolute Gasteiger partial charge is 0.255 e. The van der Waals surface area contributed by atoms with Crippen LogP contribution in [0.3, 0.4) is 0 Å². The number of nitrogens with one attached hydrogen (secondary N) is 1. The molecular formula is C21H20ClN3O. The first-order chi connectivity index (χ1) is 12.7. The van der Waals surface area contributed by atoms with Crippen LogP contribution in [0.2, 0.25) is 5.02 Å². The lowest BCUT2D eigenvalue weighted by atomic mass is 10.1. The third-order valence-corrected chi connectivity index (χ3v) is 5.17. The highest BCUT2D eigenvalue weighted by molar-refractivity contribution is 6.30. The van der Waals surface area contributed by atoms with Crippen molar-refractivity contribution in [3.8, 4) is 5.69 Å². The van der Waals surface area contributed by atoms with E-state index < -0.39 is 0 Å². The standard InChI is InChI=1S/C21H20ClN3O/c1-2-20-18(13-23-25(20)16-8-5-7-15(22)12-16)21(26)24-19-11-10-14-6-3-4-9-17(14)19/h3-9,12-13,19H,2,10-11H2,1H3,(H,24,26). The highest BCUT2D eigenvalue weighted by Gasteiger charge is 2.25. The summed E-state index contributed by atoms with van der Waals surface area (Å²) in [6.07, 6.45) is 4.30. The Balaban J connectivity index is 1.61. The number of halogens is 1. The summed E-state index contributed by atoms with van der Waals surface area (Å²) in [7, 11) is 0. The number of hydrogen-bond acceptors (Lipinski definition) is 2. The molecule has 4 nitrogen and oxygen atoms in total. The fourth-order valence-electron chi connectivity index (χ4n) is 3.68. The van der Waals surface area contributed by atoms with E-state index in [1.54, 1.807) is 10.9 Å². The van der Waals surface area contributed by atoms with Gasteiger partial charge in [-0.05, 0) is 48.6 Å². The predicted octanol–water partition coefficient (Wildman–Crippen LogP) is 4.51. The topological polar surface area (TPSA) is 46.9 Å². The maximum Gasteiger partial charge on any atom is 0.255 e. The molecule has 26 heavy (non-hydrogen) atoms. The van der Waals surface area contributed by atoms with Crippen LogP contribution < -0.4 is 5.32 Å². The molecule has 0 aliphatic heterocycles. The Kier molecular flexibility index (Phi) is 4.51. The second-order valence-electron chi connectivity index (χ2n) is 6.51. The first kappa shape index (κ1) is 16.9. The first-order valence-corrected chi connectivity index (χ1v) is 9.26. The highest BCUT2D eigenvalue weighted by atomic mass is 35.5. The maximum absolute atomic E-state index is 12.9. The van der Waals surface area contributed by atoms with E-state index in [1.807, 2.05) is 43.3 Å². The van der Waals surface area contributed by atoms with Crippen molar-refractivity contribution in [3.63, 3.8) is 0 Å². The fraction of sp³-hybridized carbons (Fsp3) is 0.238. The third-order valence-electron chi connectivity index (χ3n) is 4.94. The summed E-state index contributed by atoms with van der Waals surface area (Å²) in [5.41, 5.74) is 4.91. The summed E-state index contributed by atoms with van der Waals surface area (Å²) < 4.78 is 1.80. The van der Waals surface area contributed by atoms with E-state index in [4.69, 9.17) is 11.6 Å². The van der Waals surface area contributed by atoms with Gasteiger partial charge in [0.15, 0.2) is 0 Å². The molecular weight excluding hydrogens is 346 g/mol. The van der Waals surface area contributed by atoms with Crippen molar-refractivity contribution in [2.24, 2.45) is 0 Å². The number of hydrogen-bond donors (Lipinski definition) is 1. The number of benzene rings is 2. The normalized spacial score (nSPS) is 15.7. The van der Waals surface area contributed by atoms with Crippen LogP contribution >= 0.6 is 11.6 Å². The number of aryl methyl sites for hydroxylation is 1. The van der Waals surface area contributed by atoms with Gasteiger partial charge in [0.05, 0.1) is 29.2 Å². The van der Waals surface area contributed by atoms with Crippen LogP contribution in [-0.4, -0.2) is 15.7 Å². The number of fused-ring (bicyclic) bond motifs is 1. The Labute approximate surface area is 157 Å². The van der Waals surface area contributed by atoms with Crippen molar-refractivity contribution in [2.75, 3.05) is 0 Å². The summed E-state index contributed by atoms with van der Waals surface area (Å²) in [6.45, 7) is 2.03. The molecule has 132 valence electrons. The van der Waals surface area contributed by atoms with Crippen LogP contribution in [-0.2, 0) is 12.8 Å². The van der Waals surface area contributed by atoms with Crippen molar-refractivity contribution in [1.29, 1.82) is 0 Å². The van der Waals surface area contributed by atoms with Gasteiger partial charge in [0, 0.05) is 5.02 Å². The molecule has 1 heterocycles. The summed E-state index contributed by atoms with van der Waals surface area (Å²) in [5, 5.41) is 8.27. The van der Waals surface area contributed by atoms with Crippen molar-refractivity contribution >= 4 is 17.5 Å². The molecule has 0 spiro atoms. The van der Waals surface area contributed by atoms with E-state index in [1.165, 1.54) is 11.1 Å². The quantitative estimate of drug-likeness (QED) is 0.739. The van der Waals surface area contributed by atoms with Crippen LogP contribution in [0.25, 0.3) is 5.69 Å². The van der Waals surface area contributed by atoms with E-state index >= 15 is 0 Å². The van der Waals surface area contributed by atoms with E-state index in [-0.39, 0.29) is 11.9 Å². The van der Waals surface area contributed by atoms with Crippen LogP contribution in [0.15, 0.2) is 54.7 Å².